The zero-order valence-corrected chi connectivity index (χ0v) is 65.4. The fourth-order valence-electron chi connectivity index (χ4n) is 17.0. The van der Waals surface area contributed by atoms with E-state index >= 15 is 0 Å². The van der Waals surface area contributed by atoms with E-state index in [9.17, 15) is 13.7 Å². The van der Waals surface area contributed by atoms with Crippen molar-refractivity contribution in [1.29, 1.82) is 0 Å². The summed E-state index contributed by atoms with van der Waals surface area (Å²) < 4.78 is 123. The van der Waals surface area contributed by atoms with E-state index in [0.717, 1.165) is 68.5 Å². The van der Waals surface area contributed by atoms with Gasteiger partial charge in [-0.05, 0) is 10.8 Å². The number of para-hydroxylation sites is 2. The maximum atomic E-state index is 12.0. The number of aromatic nitrogens is 2. The Morgan fingerprint density at radius 2 is 0.615 bits per heavy atom. The molecule has 2 aliphatic heterocycles. The first kappa shape index (κ1) is 55.9. The molecule has 0 saturated heterocycles. The first-order valence-electron chi connectivity index (χ1n) is 42.5. The van der Waals surface area contributed by atoms with E-state index in [1.165, 1.54) is 19.3 Å². The van der Waals surface area contributed by atoms with Crippen LogP contribution in [-0.4, -0.2) is 44.9 Å². The number of nitrogens with zero attached hydrogens (tertiary/aromatic N) is 4. The molecule has 0 amide bonds. The summed E-state index contributed by atoms with van der Waals surface area (Å²) in [5.41, 5.74) is 9.96. The SMILES string of the molecule is [2H]c1c([2H])c(-n2c3ccccc3c3cc4c(cc32)[se]c2ccccc24)c([2H])c2c1B1c3c(cc(C(C)(C)C)cc3N(c3c(-c4ccccc4)c([2H])c(C(C)(C)C)c([2H])c3-c3ccccc3)c3c([2H])c(-n4c5ccccc5c5cc6c(cc54)[se]c4ccccc46)c([2H])c([2H])c31)N2c1c(-c2ccccc2)c([2H])c(C(C)(C)C)c([2H])c1-c1ccccc1. The Morgan fingerprint density at radius 1 is 0.284 bits per heavy atom. The predicted octanol–water partition coefficient (Wildman–Crippen LogP) is 25.3. The topological polar surface area (TPSA) is 16.3 Å². The van der Waals surface area contributed by atoms with Crippen LogP contribution in [0.5, 0.6) is 0 Å². The van der Waals surface area contributed by atoms with Gasteiger partial charge < -0.3 is 0 Å². The zero-order valence-electron chi connectivity index (χ0n) is 71.9. The smallest absolute Gasteiger partial charge is 0.0622 e. The number of anilines is 6. The van der Waals surface area contributed by atoms with Crippen LogP contribution < -0.4 is 26.2 Å². The van der Waals surface area contributed by atoms with Crippen molar-refractivity contribution in [3.63, 3.8) is 0 Å². The molecule has 0 atom stereocenters. The van der Waals surface area contributed by atoms with E-state index in [1.807, 2.05) is 218 Å². The third kappa shape index (κ3) is 10.4. The Labute approximate surface area is 663 Å². The number of benzene rings is 15. The average molecular weight is 1540 g/mol. The first-order chi connectivity index (χ1) is 57.2. The molecule has 0 radical (unpaired) electrons. The van der Waals surface area contributed by atoms with Gasteiger partial charge in [-0.15, -0.1) is 0 Å². The van der Waals surface area contributed by atoms with Crippen LogP contribution in [0.2, 0.25) is 0 Å². The predicted molar refractivity (Wildman–Crippen MR) is 471 cm³/mol. The quantitative estimate of drug-likeness (QED) is 0.141. The van der Waals surface area contributed by atoms with E-state index in [0.29, 0.717) is 83.8 Å². The van der Waals surface area contributed by atoms with E-state index < -0.39 is 23.0 Å². The van der Waals surface area contributed by atoms with Crippen LogP contribution in [-0.2, 0) is 16.2 Å². The molecule has 7 heteroatoms. The van der Waals surface area contributed by atoms with Gasteiger partial charge in [-0.25, -0.2) is 0 Å². The van der Waals surface area contributed by atoms with Gasteiger partial charge >= 0.3 is 521 Å². The van der Waals surface area contributed by atoms with Crippen molar-refractivity contribution in [3.8, 4) is 55.9 Å². The second-order valence-electron chi connectivity index (χ2n) is 32.3. The van der Waals surface area contributed by atoms with Crippen LogP contribution in [0.4, 0.5) is 34.1 Å². The normalized spacial score (nSPS) is 14.4. The molecule has 4 nitrogen and oxygen atoms in total. The minimum Gasteiger partial charge on any atom is -0.0622 e. The molecule has 0 aliphatic carbocycles. The summed E-state index contributed by atoms with van der Waals surface area (Å²) in [6.45, 7) is 17.4. The second kappa shape index (κ2) is 24.6. The summed E-state index contributed by atoms with van der Waals surface area (Å²) in [4.78, 5) is 4.10. The molecular weight excluding hydrogens is 1450 g/mol. The summed E-state index contributed by atoms with van der Waals surface area (Å²) >= 11 is -0.198. The van der Waals surface area contributed by atoms with E-state index in [4.69, 9.17) is 0 Å². The zero-order chi connectivity index (χ0) is 82.2. The van der Waals surface area contributed by atoms with E-state index in [2.05, 4.69) is 118 Å². The van der Waals surface area contributed by atoms with Crippen molar-refractivity contribution in [2.45, 2.75) is 78.6 Å². The Bertz CT molecular complexity index is 7050. The van der Waals surface area contributed by atoms with Crippen molar-refractivity contribution >= 4 is 168 Å². The van der Waals surface area contributed by atoms with Gasteiger partial charge in [0, 0.05) is 0 Å². The molecule has 19 aromatic rings. The molecule has 0 saturated carbocycles. The van der Waals surface area contributed by atoms with Crippen LogP contribution in [0.1, 0.15) is 92.7 Å². The monoisotopic (exact) mass is 1540 g/mol. The number of fused-ring (bicyclic) bond motifs is 16. The van der Waals surface area contributed by atoms with Gasteiger partial charge in [0.15, 0.2) is 0 Å². The third-order valence-corrected chi connectivity index (χ3v) is 27.1. The summed E-state index contributed by atoms with van der Waals surface area (Å²) in [6, 6.07) is 85.0. The Balaban J connectivity index is 1.01. The molecule has 0 spiro atoms. The fraction of sp³-hybridized carbons (Fsp3) is 0.118. The number of hydrogen-bond acceptors (Lipinski definition) is 2. The van der Waals surface area contributed by atoms with Crippen LogP contribution in [0.3, 0.4) is 0 Å². The van der Waals surface area contributed by atoms with Crippen LogP contribution in [0, 0.1) is 0 Å². The molecule has 0 unspecified atom stereocenters. The van der Waals surface area contributed by atoms with Crippen molar-refractivity contribution in [2.24, 2.45) is 0 Å². The van der Waals surface area contributed by atoms with Gasteiger partial charge in [-0.2, -0.15) is 0 Å². The summed E-state index contributed by atoms with van der Waals surface area (Å²) in [5.74, 6) is 0. The van der Waals surface area contributed by atoms with Gasteiger partial charge in [0.2, 0.25) is 0 Å². The van der Waals surface area contributed by atoms with Gasteiger partial charge in [-0.1, -0.05) is 135 Å². The molecular formula is C102H79BN4Se2. The molecule has 522 valence electrons. The van der Waals surface area contributed by atoms with Crippen molar-refractivity contribution in [1.82, 2.24) is 9.13 Å². The van der Waals surface area contributed by atoms with Crippen LogP contribution in [0.25, 0.3) is 138 Å². The van der Waals surface area contributed by atoms with Gasteiger partial charge in [-0.3, -0.25) is 0 Å². The molecule has 109 heavy (non-hydrogen) atoms. The molecule has 0 bridgehead atoms. The summed E-state index contributed by atoms with van der Waals surface area (Å²) in [6.07, 6.45) is 0. The van der Waals surface area contributed by atoms with Crippen LogP contribution >= 0.6 is 0 Å². The maximum absolute atomic E-state index is 12.0. The van der Waals surface area contributed by atoms with Crippen molar-refractivity contribution in [3.05, 3.63) is 332 Å². The van der Waals surface area contributed by atoms with Gasteiger partial charge in [0.25, 0.3) is 0 Å². The first-order valence-corrected chi connectivity index (χ1v) is 41.0. The van der Waals surface area contributed by atoms with Crippen LogP contribution in [0.15, 0.2) is 315 Å². The minimum atomic E-state index is -1.33. The Morgan fingerprint density at radius 3 is 0.972 bits per heavy atom. The van der Waals surface area contributed by atoms with Crippen molar-refractivity contribution in [2.75, 3.05) is 9.80 Å². The van der Waals surface area contributed by atoms with Crippen molar-refractivity contribution < 1.29 is 13.7 Å². The third-order valence-electron chi connectivity index (χ3n) is 22.3. The Hall–Kier alpha value is -11.4. The fourth-order valence-corrected chi connectivity index (χ4v) is 21.7. The summed E-state index contributed by atoms with van der Waals surface area (Å²) in [7, 11) is 0. The molecule has 6 heterocycles. The average Bonchev–Trinajstić information content (AvgIpc) is 1.26. The Kier molecular flexibility index (Phi) is 12.6. The summed E-state index contributed by atoms with van der Waals surface area (Å²) in [5, 5.41) is 8.25. The number of hydrogen-bond donors (Lipinski definition) is 0. The molecule has 4 aromatic heterocycles. The van der Waals surface area contributed by atoms with Gasteiger partial charge in [0.1, 0.15) is 0 Å². The molecule has 21 rings (SSSR count). The standard InChI is InChI=1S/C102H79BN4Se2/c1-100(2,3)66-50-75(62-30-14-10-15-31-62)98(76(51-66)63-32-16-11-17-33-63)106-89-56-69(104-85-42-26-22-38-71(85)79-58-81-73-40-24-28-44-93(73)108-95(81)60-87(79)104)46-48-83(89)103-84-49-47-70(105-86-43-27-23-39-72(86)80-59-82-74-41-25-29-45-94(74)109-96(82)61-88(80)105)57-90(84)107(92-55-68(102(7,8)9)54-91(106)97(92)103)99-77(64-34-18-12-19-35-64)52-67(101(4,5)6)53-78(99)65-36-20-13-21-37-65/h10-61H,1-9H3/i46D,47D,48D,49D,50D,51D,52D,53D,56D,57D. The molecule has 2 aliphatic rings. The number of rotatable bonds is 8. The van der Waals surface area contributed by atoms with E-state index in [-0.39, 0.29) is 123 Å². The molecule has 15 aromatic carbocycles. The van der Waals surface area contributed by atoms with E-state index in [1.54, 1.807) is 0 Å². The molecule has 0 fully saturated rings. The minimum absolute atomic E-state index is 0.0955. The molecule has 0 N–H and O–H groups in total. The van der Waals surface area contributed by atoms with Gasteiger partial charge in [0.05, 0.1) is 0 Å². The second-order valence-corrected chi connectivity index (χ2v) is 36.8.